The second-order valence-electron chi connectivity index (χ2n) is 7.76. The van der Waals surface area contributed by atoms with Crippen LogP contribution in [0.3, 0.4) is 0 Å². The number of nitrogens with one attached hydrogen (secondary N) is 1. The molecular formula is C20H26N6. The van der Waals surface area contributed by atoms with Crippen molar-refractivity contribution >= 4 is 17.2 Å². The highest BCUT2D eigenvalue weighted by molar-refractivity contribution is 5.83. The zero-order chi connectivity index (χ0) is 18.9. The molecule has 0 aliphatic rings. The topological polar surface area (TPSA) is 66.9 Å². The van der Waals surface area contributed by atoms with Crippen LogP contribution in [0.25, 0.3) is 16.6 Å². The SMILES string of the molecule is CN=Nc1ccc(-c2ccn3nc(NCC(C)(C)C)nc(C)c23)cc1C. The van der Waals surface area contributed by atoms with Gasteiger partial charge in [0.1, 0.15) is 0 Å². The predicted octanol–water partition coefficient (Wildman–Crippen LogP) is 5.18. The molecule has 0 bridgehead atoms. The summed E-state index contributed by atoms with van der Waals surface area (Å²) in [5, 5.41) is 16.0. The molecule has 6 nitrogen and oxygen atoms in total. The van der Waals surface area contributed by atoms with Crippen molar-refractivity contribution in [3.05, 3.63) is 41.7 Å². The van der Waals surface area contributed by atoms with E-state index in [1.807, 2.05) is 30.6 Å². The van der Waals surface area contributed by atoms with Crippen molar-refractivity contribution in [3.63, 3.8) is 0 Å². The first-order chi connectivity index (χ1) is 12.3. The monoisotopic (exact) mass is 350 g/mol. The standard InChI is InChI=1S/C20H26N6/c1-13-11-15(7-8-17(13)24-21-6)16-9-10-26-18(16)14(2)23-19(25-26)22-12-20(3,4)5/h7-11H,12H2,1-6H3,(H,22,25). The number of fused-ring (bicyclic) bond motifs is 1. The van der Waals surface area contributed by atoms with Gasteiger partial charge in [-0.1, -0.05) is 26.8 Å². The van der Waals surface area contributed by atoms with Crippen LogP contribution in [0, 0.1) is 19.3 Å². The van der Waals surface area contributed by atoms with Gasteiger partial charge in [0.05, 0.1) is 16.9 Å². The minimum Gasteiger partial charge on any atom is -0.352 e. The molecule has 0 aliphatic carbocycles. The number of nitrogens with zero attached hydrogens (tertiary/aromatic N) is 5. The molecule has 3 rings (SSSR count). The average molecular weight is 350 g/mol. The van der Waals surface area contributed by atoms with E-state index < -0.39 is 0 Å². The van der Waals surface area contributed by atoms with Crippen molar-refractivity contribution in [2.45, 2.75) is 34.6 Å². The van der Waals surface area contributed by atoms with Crippen molar-refractivity contribution in [2.24, 2.45) is 15.6 Å². The Kier molecular flexibility index (Phi) is 4.76. The Hall–Kier alpha value is -2.76. The number of azo groups is 1. The van der Waals surface area contributed by atoms with Crippen LogP contribution in [0.1, 0.15) is 32.0 Å². The van der Waals surface area contributed by atoms with E-state index in [1.54, 1.807) is 7.05 Å². The Balaban J connectivity index is 2.00. The summed E-state index contributed by atoms with van der Waals surface area (Å²) in [5.41, 5.74) is 6.37. The van der Waals surface area contributed by atoms with Gasteiger partial charge in [0.2, 0.25) is 5.95 Å². The minimum absolute atomic E-state index is 0.170. The molecule has 0 fully saturated rings. The molecule has 0 atom stereocenters. The largest absolute Gasteiger partial charge is 0.352 e. The maximum absolute atomic E-state index is 4.66. The third-order valence-corrected chi connectivity index (χ3v) is 4.18. The number of aryl methyl sites for hydroxylation is 2. The van der Waals surface area contributed by atoms with Gasteiger partial charge in [-0.2, -0.15) is 10.2 Å². The van der Waals surface area contributed by atoms with Gasteiger partial charge < -0.3 is 5.32 Å². The van der Waals surface area contributed by atoms with E-state index in [1.165, 1.54) is 0 Å². The van der Waals surface area contributed by atoms with Crippen molar-refractivity contribution in [1.82, 2.24) is 14.6 Å². The van der Waals surface area contributed by atoms with E-state index in [4.69, 9.17) is 0 Å². The summed E-state index contributed by atoms with van der Waals surface area (Å²) < 4.78 is 1.90. The van der Waals surface area contributed by atoms with Crippen molar-refractivity contribution < 1.29 is 0 Å². The fraction of sp³-hybridized carbons (Fsp3) is 0.400. The highest BCUT2D eigenvalue weighted by Crippen LogP contribution is 2.31. The van der Waals surface area contributed by atoms with Gasteiger partial charge in [-0.15, -0.1) is 5.10 Å². The predicted molar refractivity (Wildman–Crippen MR) is 106 cm³/mol. The van der Waals surface area contributed by atoms with E-state index >= 15 is 0 Å². The third-order valence-electron chi connectivity index (χ3n) is 4.18. The molecule has 2 aromatic heterocycles. The van der Waals surface area contributed by atoms with Crippen LogP contribution in [-0.4, -0.2) is 28.2 Å². The van der Waals surface area contributed by atoms with E-state index in [2.05, 4.69) is 64.6 Å². The first-order valence-electron chi connectivity index (χ1n) is 8.79. The number of benzene rings is 1. The van der Waals surface area contributed by atoms with Crippen LogP contribution >= 0.6 is 0 Å². The molecule has 0 saturated heterocycles. The minimum atomic E-state index is 0.170. The lowest BCUT2D eigenvalue weighted by Crippen LogP contribution is -2.21. The molecule has 1 aromatic carbocycles. The average Bonchev–Trinajstić information content (AvgIpc) is 2.99. The maximum Gasteiger partial charge on any atom is 0.241 e. The van der Waals surface area contributed by atoms with Gasteiger partial charge in [-0.05, 0) is 48.6 Å². The zero-order valence-electron chi connectivity index (χ0n) is 16.3. The first kappa shape index (κ1) is 18.0. The molecular weight excluding hydrogens is 324 g/mol. The number of rotatable bonds is 4. The van der Waals surface area contributed by atoms with Gasteiger partial charge in [0, 0.05) is 25.4 Å². The summed E-state index contributed by atoms with van der Waals surface area (Å²) in [5.74, 6) is 0.655. The Morgan fingerprint density at radius 2 is 1.92 bits per heavy atom. The molecule has 136 valence electrons. The van der Waals surface area contributed by atoms with Crippen LogP contribution in [0.5, 0.6) is 0 Å². The highest BCUT2D eigenvalue weighted by Gasteiger charge is 2.14. The second kappa shape index (κ2) is 6.86. The number of aromatic nitrogens is 3. The molecule has 0 amide bonds. The van der Waals surface area contributed by atoms with E-state index in [0.29, 0.717) is 5.95 Å². The molecule has 0 unspecified atom stereocenters. The second-order valence-corrected chi connectivity index (χ2v) is 7.76. The quantitative estimate of drug-likeness (QED) is 0.659. The normalized spacial score (nSPS) is 12.2. The van der Waals surface area contributed by atoms with Crippen LogP contribution in [0.2, 0.25) is 0 Å². The molecule has 0 aliphatic heterocycles. The van der Waals surface area contributed by atoms with E-state index in [9.17, 15) is 0 Å². The van der Waals surface area contributed by atoms with Gasteiger partial charge >= 0.3 is 0 Å². The smallest absolute Gasteiger partial charge is 0.241 e. The molecule has 3 aromatic rings. The van der Waals surface area contributed by atoms with E-state index in [0.717, 1.165) is 40.1 Å². The summed E-state index contributed by atoms with van der Waals surface area (Å²) in [6, 6.07) is 8.28. The number of anilines is 1. The van der Waals surface area contributed by atoms with E-state index in [-0.39, 0.29) is 5.41 Å². The Labute approximate surface area is 154 Å². The van der Waals surface area contributed by atoms with Gasteiger partial charge in [0.25, 0.3) is 0 Å². The lowest BCUT2D eigenvalue weighted by Gasteiger charge is -2.18. The van der Waals surface area contributed by atoms with Crippen molar-refractivity contribution in [1.29, 1.82) is 0 Å². The van der Waals surface area contributed by atoms with Gasteiger partial charge in [-0.25, -0.2) is 9.50 Å². The Morgan fingerprint density at radius 1 is 1.15 bits per heavy atom. The maximum atomic E-state index is 4.66. The fourth-order valence-corrected chi connectivity index (χ4v) is 2.90. The summed E-state index contributed by atoms with van der Waals surface area (Å²) in [4.78, 5) is 4.66. The number of hydrogen-bond donors (Lipinski definition) is 1. The van der Waals surface area contributed by atoms with Crippen LogP contribution in [0.4, 0.5) is 11.6 Å². The van der Waals surface area contributed by atoms with Crippen LogP contribution in [-0.2, 0) is 0 Å². The number of hydrogen-bond acceptors (Lipinski definition) is 5. The van der Waals surface area contributed by atoms with Gasteiger partial charge in [0.15, 0.2) is 0 Å². The molecule has 26 heavy (non-hydrogen) atoms. The molecule has 6 heteroatoms. The Morgan fingerprint density at radius 3 is 2.58 bits per heavy atom. The molecule has 0 saturated carbocycles. The molecule has 2 heterocycles. The lowest BCUT2D eigenvalue weighted by atomic mass is 9.97. The summed E-state index contributed by atoms with van der Waals surface area (Å²) >= 11 is 0. The Bertz CT molecular complexity index is 962. The first-order valence-corrected chi connectivity index (χ1v) is 8.79. The van der Waals surface area contributed by atoms with Gasteiger partial charge in [-0.3, -0.25) is 0 Å². The summed E-state index contributed by atoms with van der Waals surface area (Å²) in [6.07, 6.45) is 1.98. The zero-order valence-corrected chi connectivity index (χ0v) is 16.3. The summed E-state index contributed by atoms with van der Waals surface area (Å²) in [7, 11) is 1.68. The molecule has 0 radical (unpaired) electrons. The van der Waals surface area contributed by atoms with Crippen molar-refractivity contribution in [2.75, 3.05) is 18.9 Å². The molecule has 1 N–H and O–H groups in total. The van der Waals surface area contributed by atoms with Crippen molar-refractivity contribution in [3.8, 4) is 11.1 Å². The molecule has 0 spiro atoms. The van der Waals surface area contributed by atoms with Crippen LogP contribution < -0.4 is 5.32 Å². The fourth-order valence-electron chi connectivity index (χ4n) is 2.90. The van der Waals surface area contributed by atoms with Crippen LogP contribution in [0.15, 0.2) is 40.7 Å². The lowest BCUT2D eigenvalue weighted by molar-refractivity contribution is 0.441. The third kappa shape index (κ3) is 3.74. The highest BCUT2D eigenvalue weighted by atomic mass is 15.3. The summed E-state index contributed by atoms with van der Waals surface area (Å²) in [6.45, 7) is 11.4.